The van der Waals surface area contributed by atoms with Crippen LogP contribution in [-0.4, -0.2) is 70.1 Å². The lowest BCUT2D eigenvalue weighted by molar-refractivity contribution is -0.142. The molecule has 0 bridgehead atoms. The fraction of sp³-hybridized carbons (Fsp3) is 0.375. The summed E-state index contributed by atoms with van der Waals surface area (Å²) in [6.45, 7) is 4.80. The number of carbonyl (C=O) groups is 2. The molecule has 2 aliphatic rings. The van der Waals surface area contributed by atoms with Crippen LogP contribution in [0.2, 0.25) is 0 Å². The van der Waals surface area contributed by atoms with Gasteiger partial charge in [0.1, 0.15) is 11.9 Å². The topological polar surface area (TPSA) is 67.7 Å². The third-order valence-corrected chi connectivity index (χ3v) is 6.17. The average Bonchev–Trinajstić information content (AvgIpc) is 3.46. The highest BCUT2D eigenvalue weighted by Gasteiger charge is 2.31. The van der Waals surface area contributed by atoms with E-state index in [1.807, 2.05) is 65.3 Å². The van der Waals surface area contributed by atoms with Crippen LogP contribution in [0.5, 0.6) is 0 Å². The summed E-state index contributed by atoms with van der Waals surface area (Å²) >= 11 is 0. The lowest BCUT2D eigenvalue weighted by Crippen LogP contribution is -2.52. The fourth-order valence-electron chi connectivity index (χ4n) is 4.53. The van der Waals surface area contributed by atoms with Crippen molar-refractivity contribution in [2.75, 3.05) is 32.8 Å². The number of aromatic nitrogens is 2. The Labute approximate surface area is 181 Å². The SMILES string of the molecule is Cc1nc2cc(C(=O)N3CCN(C(=O)C4CCCO4)CC3)ccc2n1-c1ccccc1. The van der Waals surface area contributed by atoms with Gasteiger partial charge in [-0.2, -0.15) is 0 Å². The minimum atomic E-state index is -0.298. The third kappa shape index (κ3) is 3.70. The van der Waals surface area contributed by atoms with Gasteiger partial charge in [-0.15, -0.1) is 0 Å². The smallest absolute Gasteiger partial charge is 0.254 e. The molecular formula is C24H26N4O3. The van der Waals surface area contributed by atoms with Crippen LogP contribution in [0.3, 0.4) is 0 Å². The molecule has 31 heavy (non-hydrogen) atoms. The fourth-order valence-corrected chi connectivity index (χ4v) is 4.53. The minimum Gasteiger partial charge on any atom is -0.368 e. The normalized spacial score (nSPS) is 19.2. The van der Waals surface area contributed by atoms with Crippen LogP contribution in [0.25, 0.3) is 16.7 Å². The van der Waals surface area contributed by atoms with Gasteiger partial charge in [0, 0.05) is 44.0 Å². The van der Waals surface area contributed by atoms with Gasteiger partial charge in [-0.1, -0.05) is 18.2 Å². The minimum absolute atomic E-state index is 0.0157. The molecule has 3 aromatic rings. The van der Waals surface area contributed by atoms with Gasteiger partial charge in [-0.25, -0.2) is 4.98 Å². The molecule has 0 radical (unpaired) electrons. The Balaban J connectivity index is 1.31. The maximum atomic E-state index is 13.1. The standard InChI is InChI=1S/C24H26N4O3/c1-17-25-20-16-18(9-10-21(20)28(17)19-6-3-2-4-7-19)23(29)26-11-13-27(14-12-26)24(30)22-8-5-15-31-22/h2-4,6-7,9-10,16,22H,5,8,11-15H2,1H3. The van der Waals surface area contributed by atoms with Crippen LogP contribution in [0, 0.1) is 6.92 Å². The second-order valence-electron chi connectivity index (χ2n) is 8.15. The van der Waals surface area contributed by atoms with Crippen molar-refractivity contribution >= 4 is 22.8 Å². The highest BCUT2D eigenvalue weighted by molar-refractivity contribution is 5.98. The third-order valence-electron chi connectivity index (χ3n) is 6.17. The van der Waals surface area contributed by atoms with E-state index in [0.29, 0.717) is 38.3 Å². The van der Waals surface area contributed by atoms with Crippen molar-refractivity contribution in [1.82, 2.24) is 19.4 Å². The number of benzene rings is 2. The lowest BCUT2D eigenvalue weighted by atomic mass is 10.1. The number of fused-ring (bicyclic) bond motifs is 1. The Hall–Kier alpha value is -3.19. The molecule has 5 rings (SSSR count). The molecule has 2 aliphatic heterocycles. The molecule has 1 unspecified atom stereocenters. The number of hydrogen-bond acceptors (Lipinski definition) is 4. The van der Waals surface area contributed by atoms with Crippen molar-refractivity contribution in [3.8, 4) is 5.69 Å². The van der Waals surface area contributed by atoms with E-state index in [-0.39, 0.29) is 17.9 Å². The van der Waals surface area contributed by atoms with Crippen molar-refractivity contribution in [3.05, 3.63) is 59.9 Å². The van der Waals surface area contributed by atoms with Crippen molar-refractivity contribution in [3.63, 3.8) is 0 Å². The largest absolute Gasteiger partial charge is 0.368 e. The Morgan fingerprint density at radius 1 is 1.00 bits per heavy atom. The van der Waals surface area contributed by atoms with Gasteiger partial charge >= 0.3 is 0 Å². The first-order chi connectivity index (χ1) is 15.1. The van der Waals surface area contributed by atoms with Gasteiger partial charge < -0.3 is 14.5 Å². The molecule has 160 valence electrons. The monoisotopic (exact) mass is 418 g/mol. The van der Waals surface area contributed by atoms with Gasteiger partial charge in [0.15, 0.2) is 0 Å². The van der Waals surface area contributed by atoms with Gasteiger partial charge in [-0.05, 0) is 50.1 Å². The highest BCUT2D eigenvalue weighted by Crippen LogP contribution is 2.23. The molecule has 0 saturated carbocycles. The van der Waals surface area contributed by atoms with Crippen LogP contribution < -0.4 is 0 Å². The summed E-state index contributed by atoms with van der Waals surface area (Å²) in [5.41, 5.74) is 3.46. The van der Waals surface area contributed by atoms with E-state index in [1.54, 1.807) is 0 Å². The van der Waals surface area contributed by atoms with E-state index in [9.17, 15) is 9.59 Å². The summed E-state index contributed by atoms with van der Waals surface area (Å²) in [6.07, 6.45) is 1.44. The van der Waals surface area contributed by atoms with E-state index >= 15 is 0 Å². The number of ether oxygens (including phenoxy) is 1. The molecule has 3 heterocycles. The predicted molar refractivity (Wildman–Crippen MR) is 117 cm³/mol. The van der Waals surface area contributed by atoms with Crippen LogP contribution in [0.1, 0.15) is 29.0 Å². The second-order valence-corrected chi connectivity index (χ2v) is 8.15. The maximum absolute atomic E-state index is 13.1. The van der Waals surface area contributed by atoms with Gasteiger partial charge in [0.05, 0.1) is 11.0 Å². The molecule has 2 saturated heterocycles. The average molecular weight is 418 g/mol. The van der Waals surface area contributed by atoms with Crippen LogP contribution in [0.4, 0.5) is 0 Å². The quantitative estimate of drug-likeness (QED) is 0.656. The summed E-state index contributed by atoms with van der Waals surface area (Å²) in [7, 11) is 0. The van der Waals surface area contributed by atoms with E-state index < -0.39 is 0 Å². The molecule has 1 aromatic heterocycles. The molecule has 7 heteroatoms. The number of aryl methyl sites for hydroxylation is 1. The maximum Gasteiger partial charge on any atom is 0.254 e. The van der Waals surface area contributed by atoms with Gasteiger partial charge in [-0.3, -0.25) is 14.2 Å². The molecule has 1 atom stereocenters. The van der Waals surface area contributed by atoms with E-state index in [4.69, 9.17) is 4.74 Å². The summed E-state index contributed by atoms with van der Waals surface area (Å²) in [5, 5.41) is 0. The number of piperazine rings is 1. The zero-order valence-corrected chi connectivity index (χ0v) is 17.7. The number of imidazole rings is 1. The molecule has 2 aromatic carbocycles. The Kier molecular flexibility index (Phi) is 5.19. The zero-order valence-electron chi connectivity index (χ0n) is 17.7. The first kappa shape index (κ1) is 19.8. The molecule has 0 aliphatic carbocycles. The van der Waals surface area contributed by atoms with Crippen LogP contribution >= 0.6 is 0 Å². The van der Waals surface area contributed by atoms with Crippen molar-refractivity contribution in [1.29, 1.82) is 0 Å². The highest BCUT2D eigenvalue weighted by atomic mass is 16.5. The Bertz CT molecular complexity index is 1110. The zero-order chi connectivity index (χ0) is 21.4. The molecule has 0 N–H and O–H groups in total. The molecule has 2 amide bonds. The summed E-state index contributed by atoms with van der Waals surface area (Å²) in [4.78, 5) is 34.0. The van der Waals surface area contributed by atoms with Gasteiger partial charge in [0.25, 0.3) is 11.8 Å². The molecule has 7 nitrogen and oxygen atoms in total. The molecular weight excluding hydrogens is 392 g/mol. The lowest BCUT2D eigenvalue weighted by Gasteiger charge is -2.35. The number of amides is 2. The number of nitrogens with zero attached hydrogens (tertiary/aromatic N) is 4. The summed E-state index contributed by atoms with van der Waals surface area (Å²) in [6, 6.07) is 15.8. The Morgan fingerprint density at radius 2 is 1.74 bits per heavy atom. The molecule has 0 spiro atoms. The van der Waals surface area contributed by atoms with E-state index in [0.717, 1.165) is 35.4 Å². The van der Waals surface area contributed by atoms with Crippen LogP contribution in [0.15, 0.2) is 48.5 Å². The van der Waals surface area contributed by atoms with E-state index in [1.165, 1.54) is 0 Å². The molecule has 2 fully saturated rings. The summed E-state index contributed by atoms with van der Waals surface area (Å²) in [5.74, 6) is 0.929. The predicted octanol–water partition coefficient (Wildman–Crippen LogP) is 2.80. The first-order valence-corrected chi connectivity index (χ1v) is 10.9. The number of para-hydroxylation sites is 1. The van der Waals surface area contributed by atoms with Gasteiger partial charge in [0.2, 0.25) is 0 Å². The van der Waals surface area contributed by atoms with Crippen molar-refractivity contribution < 1.29 is 14.3 Å². The number of rotatable bonds is 3. The second kappa shape index (κ2) is 8.15. The Morgan fingerprint density at radius 3 is 2.45 bits per heavy atom. The summed E-state index contributed by atoms with van der Waals surface area (Å²) < 4.78 is 7.61. The first-order valence-electron chi connectivity index (χ1n) is 10.9. The van der Waals surface area contributed by atoms with Crippen molar-refractivity contribution in [2.24, 2.45) is 0 Å². The van der Waals surface area contributed by atoms with Crippen molar-refractivity contribution in [2.45, 2.75) is 25.9 Å². The number of hydrogen-bond donors (Lipinski definition) is 0. The van der Waals surface area contributed by atoms with E-state index in [2.05, 4.69) is 9.55 Å². The van der Waals surface area contributed by atoms with Crippen LogP contribution in [-0.2, 0) is 9.53 Å². The number of carbonyl (C=O) groups excluding carboxylic acids is 2.